The monoisotopic (exact) mass is 568 g/mol. The van der Waals surface area contributed by atoms with Crippen molar-refractivity contribution in [3.8, 4) is 0 Å². The lowest BCUT2D eigenvalue weighted by molar-refractivity contribution is -0.215. The van der Waals surface area contributed by atoms with E-state index in [-0.39, 0.29) is 36.0 Å². The third kappa shape index (κ3) is 5.80. The van der Waals surface area contributed by atoms with Crippen molar-refractivity contribution >= 4 is 22.8 Å². The number of alkyl halides is 5. The number of nitrogens with zero attached hydrogens (tertiary/aromatic N) is 3. The average molecular weight is 569 g/mol. The number of aryl methyl sites for hydroxylation is 1. The van der Waals surface area contributed by atoms with Crippen LogP contribution in [0.1, 0.15) is 85.6 Å². The van der Waals surface area contributed by atoms with E-state index in [9.17, 15) is 31.5 Å². The lowest BCUT2D eigenvalue weighted by atomic mass is 9.84. The van der Waals surface area contributed by atoms with Gasteiger partial charge in [0.2, 0.25) is 5.91 Å². The molecule has 2 aromatic heterocycles. The van der Waals surface area contributed by atoms with Crippen LogP contribution >= 0.6 is 0 Å². The summed E-state index contributed by atoms with van der Waals surface area (Å²) in [7, 11) is 0. The van der Waals surface area contributed by atoms with Gasteiger partial charge in [-0.15, -0.1) is 0 Å². The molecule has 2 saturated carbocycles. The Morgan fingerprint density at radius 3 is 2.45 bits per heavy atom. The minimum Gasteiger partial charge on any atom is -0.349 e. The standard InChI is InChI=1S/C26H29F5N6O3/c1-12-20(37-40-36-12)23(39)34-18(11-24(2,3)26(29,30)31)22-32-16-7-6-14(8-17(16)33-22)21(13-4-5-13)35-19(38)9-15-10-25(15,27)28/h6-8,13,15,18,21H,4-5,9-11H2,1-3H3,(H,32,33)(H,34,39)(H,35,38)/t15-,18-,21+/m0/s1. The molecule has 3 aromatic rings. The van der Waals surface area contributed by atoms with Gasteiger partial charge in [0.15, 0.2) is 5.69 Å². The zero-order valence-corrected chi connectivity index (χ0v) is 22.0. The zero-order valence-electron chi connectivity index (χ0n) is 22.0. The summed E-state index contributed by atoms with van der Waals surface area (Å²) in [6.45, 7) is 3.56. The Morgan fingerprint density at radius 2 is 1.88 bits per heavy atom. The van der Waals surface area contributed by atoms with Gasteiger partial charge in [0, 0.05) is 18.8 Å². The summed E-state index contributed by atoms with van der Waals surface area (Å²) in [5, 5.41) is 12.5. The topological polar surface area (TPSA) is 126 Å². The van der Waals surface area contributed by atoms with Crippen molar-refractivity contribution in [3.63, 3.8) is 0 Å². The van der Waals surface area contributed by atoms with Gasteiger partial charge in [-0.05, 0) is 55.0 Å². The van der Waals surface area contributed by atoms with Crippen LogP contribution in [0.3, 0.4) is 0 Å². The smallest absolute Gasteiger partial charge is 0.349 e. The summed E-state index contributed by atoms with van der Waals surface area (Å²) in [5.41, 5.74) is -0.489. The summed E-state index contributed by atoms with van der Waals surface area (Å²) in [5.74, 6) is -4.67. The number of rotatable bonds is 10. The molecule has 0 saturated heterocycles. The molecule has 5 rings (SSSR count). The van der Waals surface area contributed by atoms with Crippen molar-refractivity contribution < 1.29 is 36.2 Å². The Labute approximate surface area is 225 Å². The lowest BCUT2D eigenvalue weighted by Gasteiger charge is -2.31. The molecule has 2 aliphatic carbocycles. The molecule has 2 heterocycles. The van der Waals surface area contributed by atoms with Gasteiger partial charge < -0.3 is 15.6 Å². The number of fused-ring (bicyclic) bond motifs is 1. The minimum atomic E-state index is -4.55. The number of hydrogen-bond acceptors (Lipinski definition) is 6. The Hall–Kier alpha value is -3.58. The highest BCUT2D eigenvalue weighted by Gasteiger charge is 2.57. The van der Waals surface area contributed by atoms with Crippen LogP contribution in [0.15, 0.2) is 22.8 Å². The van der Waals surface area contributed by atoms with E-state index in [0.29, 0.717) is 11.0 Å². The molecule has 9 nitrogen and oxygen atoms in total. The third-order valence-corrected chi connectivity index (χ3v) is 7.67. The Morgan fingerprint density at radius 1 is 1.18 bits per heavy atom. The molecule has 3 N–H and O–H groups in total. The number of carbonyl (C=O) groups is 2. The molecular weight excluding hydrogens is 539 g/mol. The van der Waals surface area contributed by atoms with Crippen LogP contribution in [0.4, 0.5) is 22.0 Å². The van der Waals surface area contributed by atoms with E-state index >= 15 is 0 Å². The first-order valence-corrected chi connectivity index (χ1v) is 13.0. The van der Waals surface area contributed by atoms with Crippen LogP contribution in [-0.2, 0) is 4.79 Å². The van der Waals surface area contributed by atoms with Gasteiger partial charge >= 0.3 is 6.18 Å². The lowest BCUT2D eigenvalue weighted by Crippen LogP contribution is -2.39. The van der Waals surface area contributed by atoms with Crippen molar-refractivity contribution in [1.82, 2.24) is 30.9 Å². The maximum absolute atomic E-state index is 13.8. The summed E-state index contributed by atoms with van der Waals surface area (Å²) < 4.78 is 72.5. The molecule has 2 amide bonds. The number of nitrogens with one attached hydrogen (secondary N) is 3. The summed E-state index contributed by atoms with van der Waals surface area (Å²) in [4.78, 5) is 32.8. The molecule has 1 aromatic carbocycles. The zero-order chi connectivity index (χ0) is 29.0. The molecule has 0 bridgehead atoms. The van der Waals surface area contributed by atoms with Crippen LogP contribution < -0.4 is 10.6 Å². The number of imidazole rings is 1. The first-order valence-electron chi connectivity index (χ1n) is 13.0. The number of aromatic nitrogens is 4. The third-order valence-electron chi connectivity index (χ3n) is 7.67. The van der Waals surface area contributed by atoms with Crippen LogP contribution in [0.5, 0.6) is 0 Å². The molecular formula is C26H29F5N6O3. The van der Waals surface area contributed by atoms with Gasteiger partial charge in [0.05, 0.1) is 28.5 Å². The van der Waals surface area contributed by atoms with Crippen molar-refractivity contribution in [2.75, 3.05) is 0 Å². The summed E-state index contributed by atoms with van der Waals surface area (Å²) in [6, 6.07) is 3.59. The fraction of sp³-hybridized carbons (Fsp3) is 0.577. The van der Waals surface area contributed by atoms with E-state index in [2.05, 4.69) is 35.5 Å². The average Bonchev–Trinajstić information content (AvgIpc) is 3.67. The maximum atomic E-state index is 13.8. The van der Waals surface area contributed by atoms with Crippen LogP contribution in [0, 0.1) is 24.2 Å². The van der Waals surface area contributed by atoms with Crippen molar-refractivity contribution in [1.29, 1.82) is 0 Å². The predicted octanol–water partition coefficient (Wildman–Crippen LogP) is 5.32. The van der Waals surface area contributed by atoms with Gasteiger partial charge in [-0.3, -0.25) is 9.59 Å². The highest BCUT2D eigenvalue weighted by atomic mass is 19.4. The van der Waals surface area contributed by atoms with Crippen LogP contribution in [0.25, 0.3) is 11.0 Å². The van der Waals surface area contributed by atoms with Gasteiger partial charge in [-0.25, -0.2) is 18.4 Å². The molecule has 2 aliphatic rings. The molecule has 0 aliphatic heterocycles. The van der Waals surface area contributed by atoms with Gasteiger partial charge in [-0.1, -0.05) is 25.1 Å². The molecule has 0 spiro atoms. The Bertz CT molecular complexity index is 1430. The fourth-order valence-corrected chi connectivity index (χ4v) is 4.76. The summed E-state index contributed by atoms with van der Waals surface area (Å²) in [6.07, 6.45) is -3.87. The normalized spacial score (nSPS) is 20.2. The highest BCUT2D eigenvalue weighted by Crippen LogP contribution is 2.51. The number of aromatic amines is 1. The molecule has 14 heteroatoms. The quantitative estimate of drug-likeness (QED) is 0.285. The number of amides is 2. The van der Waals surface area contributed by atoms with Gasteiger partial charge in [0.25, 0.3) is 11.8 Å². The van der Waals surface area contributed by atoms with E-state index in [0.717, 1.165) is 32.3 Å². The van der Waals surface area contributed by atoms with Crippen molar-refractivity contribution in [2.24, 2.45) is 17.3 Å². The minimum absolute atomic E-state index is 0.106. The van der Waals surface area contributed by atoms with E-state index in [1.807, 2.05) is 0 Å². The van der Waals surface area contributed by atoms with E-state index < -0.39 is 53.8 Å². The second-order valence-electron chi connectivity index (χ2n) is 11.5. The van der Waals surface area contributed by atoms with Crippen LogP contribution in [-0.4, -0.2) is 44.2 Å². The maximum Gasteiger partial charge on any atom is 0.394 e. The largest absolute Gasteiger partial charge is 0.394 e. The van der Waals surface area contributed by atoms with Crippen molar-refractivity contribution in [3.05, 3.63) is 41.0 Å². The number of benzene rings is 1. The number of hydrogen-bond donors (Lipinski definition) is 3. The van der Waals surface area contributed by atoms with Crippen LogP contribution in [0.2, 0.25) is 0 Å². The molecule has 40 heavy (non-hydrogen) atoms. The molecule has 0 radical (unpaired) electrons. The van der Waals surface area contributed by atoms with E-state index in [4.69, 9.17) is 0 Å². The van der Waals surface area contributed by atoms with Gasteiger partial charge in [-0.2, -0.15) is 13.2 Å². The molecule has 3 atom stereocenters. The second-order valence-corrected chi connectivity index (χ2v) is 11.5. The number of carbonyl (C=O) groups excluding carboxylic acids is 2. The second kappa shape index (κ2) is 9.81. The number of halogens is 5. The van der Waals surface area contributed by atoms with Gasteiger partial charge in [0.1, 0.15) is 11.5 Å². The first kappa shape index (κ1) is 28.0. The first-order chi connectivity index (χ1) is 18.6. The number of H-pyrrole nitrogens is 1. The SMILES string of the molecule is Cc1nonc1C(=O)N[C@@H](CC(C)(C)C(F)(F)F)c1nc2ccc([C@H](NC(=O)C[C@H]3CC3(F)F)C3CC3)cc2[nH]1. The highest BCUT2D eigenvalue weighted by molar-refractivity contribution is 5.93. The fourth-order valence-electron chi connectivity index (χ4n) is 4.76. The molecule has 216 valence electrons. The molecule has 2 fully saturated rings. The van der Waals surface area contributed by atoms with Crippen molar-refractivity contribution in [2.45, 2.75) is 77.1 Å². The predicted molar refractivity (Wildman–Crippen MR) is 131 cm³/mol. The molecule has 0 unspecified atom stereocenters. The van der Waals surface area contributed by atoms with E-state index in [1.54, 1.807) is 18.2 Å². The summed E-state index contributed by atoms with van der Waals surface area (Å²) >= 11 is 0. The Kier molecular flexibility index (Phi) is 6.86. The Balaban J connectivity index is 1.40. The van der Waals surface area contributed by atoms with E-state index in [1.165, 1.54) is 6.92 Å².